The number of nitrogens with one attached hydrogen (secondary N) is 2. The summed E-state index contributed by atoms with van der Waals surface area (Å²) in [6.07, 6.45) is 3.45. The lowest BCUT2D eigenvalue weighted by molar-refractivity contribution is 0.158. The third-order valence-corrected chi connectivity index (χ3v) is 3.11. The second kappa shape index (κ2) is 9.23. The molecule has 0 saturated carbocycles. The maximum absolute atomic E-state index is 11.3. The van der Waals surface area contributed by atoms with Crippen LogP contribution in [0.4, 0.5) is 4.79 Å². The minimum Gasteiger partial charge on any atom is -0.448 e. The number of carbonyl (C=O) groups is 1. The van der Waals surface area contributed by atoms with Crippen molar-refractivity contribution in [2.75, 3.05) is 32.8 Å². The molecule has 0 aromatic heterocycles. The molecule has 1 fully saturated rings. The van der Waals surface area contributed by atoms with Crippen LogP contribution in [-0.2, 0) is 4.74 Å². The van der Waals surface area contributed by atoms with Crippen LogP contribution in [0.15, 0.2) is 17.6 Å². The molecule has 20 heavy (non-hydrogen) atoms. The molecule has 1 atom stereocenters. The summed E-state index contributed by atoms with van der Waals surface area (Å²) in [7, 11) is 0. The summed E-state index contributed by atoms with van der Waals surface area (Å²) in [6.45, 7) is 11.2. The lowest BCUT2D eigenvalue weighted by atomic mass is 10.3. The van der Waals surface area contributed by atoms with Crippen molar-refractivity contribution in [2.45, 2.75) is 32.7 Å². The van der Waals surface area contributed by atoms with Gasteiger partial charge in [0.1, 0.15) is 6.61 Å². The zero-order chi connectivity index (χ0) is 14.8. The molecule has 1 amide bonds. The van der Waals surface area contributed by atoms with Gasteiger partial charge in [0.2, 0.25) is 0 Å². The molecule has 1 aliphatic rings. The van der Waals surface area contributed by atoms with Gasteiger partial charge in [0, 0.05) is 25.7 Å². The van der Waals surface area contributed by atoms with Crippen molar-refractivity contribution in [3.05, 3.63) is 12.7 Å². The van der Waals surface area contributed by atoms with Crippen LogP contribution in [0.1, 0.15) is 26.7 Å². The Morgan fingerprint density at radius 2 is 2.45 bits per heavy atom. The summed E-state index contributed by atoms with van der Waals surface area (Å²) >= 11 is 0. The Morgan fingerprint density at radius 1 is 1.65 bits per heavy atom. The van der Waals surface area contributed by atoms with Gasteiger partial charge in [-0.2, -0.15) is 0 Å². The van der Waals surface area contributed by atoms with E-state index in [4.69, 9.17) is 4.74 Å². The van der Waals surface area contributed by atoms with Crippen LogP contribution in [0, 0.1) is 0 Å². The Hall–Kier alpha value is -1.72. The van der Waals surface area contributed by atoms with Crippen molar-refractivity contribution >= 4 is 12.1 Å². The van der Waals surface area contributed by atoms with Gasteiger partial charge in [0.25, 0.3) is 0 Å². The fraction of sp³-hybridized carbons (Fsp3) is 0.714. The molecule has 0 aromatic rings. The predicted octanol–water partition coefficient (Wildman–Crippen LogP) is 1.35. The van der Waals surface area contributed by atoms with E-state index in [1.54, 1.807) is 11.0 Å². The van der Waals surface area contributed by atoms with Crippen LogP contribution in [0.3, 0.4) is 0 Å². The molecule has 1 saturated heterocycles. The summed E-state index contributed by atoms with van der Waals surface area (Å²) in [5.74, 6) is 0.795. The smallest absolute Gasteiger partial charge is 0.409 e. The van der Waals surface area contributed by atoms with Crippen LogP contribution >= 0.6 is 0 Å². The van der Waals surface area contributed by atoms with Gasteiger partial charge in [-0.3, -0.25) is 4.99 Å². The highest BCUT2D eigenvalue weighted by Gasteiger charge is 2.20. The van der Waals surface area contributed by atoms with Crippen LogP contribution in [0.2, 0.25) is 0 Å². The highest BCUT2D eigenvalue weighted by molar-refractivity contribution is 5.80. The summed E-state index contributed by atoms with van der Waals surface area (Å²) in [5.41, 5.74) is 0. The molecule has 114 valence electrons. The zero-order valence-corrected chi connectivity index (χ0v) is 12.5. The molecular weight excluding hydrogens is 256 g/mol. The fourth-order valence-corrected chi connectivity index (χ4v) is 1.74. The average Bonchev–Trinajstić information content (AvgIpc) is 2.85. The van der Waals surface area contributed by atoms with Crippen LogP contribution in [0.25, 0.3) is 0 Å². The first kappa shape index (κ1) is 16.3. The van der Waals surface area contributed by atoms with E-state index >= 15 is 0 Å². The Bertz CT molecular complexity index is 344. The fourth-order valence-electron chi connectivity index (χ4n) is 1.74. The zero-order valence-electron chi connectivity index (χ0n) is 12.5. The molecule has 0 radical (unpaired) electrons. The summed E-state index contributed by atoms with van der Waals surface area (Å²) in [4.78, 5) is 17.5. The molecule has 1 heterocycles. The van der Waals surface area contributed by atoms with Crippen LogP contribution in [0.5, 0.6) is 0 Å². The maximum Gasteiger partial charge on any atom is 0.409 e. The number of nitrogens with zero attached hydrogens (tertiary/aromatic N) is 2. The van der Waals surface area contributed by atoms with E-state index in [1.165, 1.54) is 0 Å². The number of aliphatic imine (C=N–C) groups is 1. The van der Waals surface area contributed by atoms with Crippen molar-refractivity contribution in [1.29, 1.82) is 0 Å². The quantitative estimate of drug-likeness (QED) is 0.305. The second-order valence-electron chi connectivity index (χ2n) is 4.81. The van der Waals surface area contributed by atoms with Crippen molar-refractivity contribution in [3.63, 3.8) is 0 Å². The van der Waals surface area contributed by atoms with Crippen molar-refractivity contribution in [1.82, 2.24) is 15.5 Å². The van der Waals surface area contributed by atoms with Crippen LogP contribution < -0.4 is 10.6 Å². The summed E-state index contributed by atoms with van der Waals surface area (Å²) in [5, 5.41) is 6.51. The van der Waals surface area contributed by atoms with Crippen molar-refractivity contribution in [2.24, 2.45) is 4.99 Å². The van der Waals surface area contributed by atoms with Gasteiger partial charge in [-0.05, 0) is 19.8 Å². The standard InChI is InChI=1S/C14H26N4O2/c1-4-7-15-13(17-12(3)5-2)16-8-6-9-18-10-11-20-14(18)19/h4,12H,1,5-11H2,2-3H3,(H2,15,16,17)/t12-/m0/s1. The van der Waals surface area contributed by atoms with E-state index in [9.17, 15) is 4.79 Å². The third kappa shape index (κ3) is 5.95. The number of ether oxygens (including phenoxy) is 1. The summed E-state index contributed by atoms with van der Waals surface area (Å²) < 4.78 is 4.88. The molecule has 0 aliphatic carbocycles. The minimum atomic E-state index is -0.211. The number of rotatable bonds is 8. The van der Waals surface area contributed by atoms with Crippen LogP contribution in [-0.4, -0.2) is 55.8 Å². The van der Waals surface area contributed by atoms with Gasteiger partial charge in [-0.25, -0.2) is 4.79 Å². The number of guanidine groups is 1. The number of amides is 1. The Labute approximate surface area is 121 Å². The van der Waals surface area contributed by atoms with E-state index in [-0.39, 0.29) is 6.09 Å². The number of hydrogen-bond donors (Lipinski definition) is 2. The van der Waals surface area contributed by atoms with Crippen molar-refractivity contribution < 1.29 is 9.53 Å². The predicted molar refractivity (Wildman–Crippen MR) is 80.9 cm³/mol. The molecule has 0 bridgehead atoms. The monoisotopic (exact) mass is 282 g/mol. The molecule has 0 aromatic carbocycles. The maximum atomic E-state index is 11.3. The Balaban J connectivity index is 2.32. The molecule has 1 aliphatic heterocycles. The normalized spacial score (nSPS) is 16.8. The van der Waals surface area contributed by atoms with Crippen molar-refractivity contribution in [3.8, 4) is 0 Å². The average molecular weight is 282 g/mol. The lowest BCUT2D eigenvalue weighted by Gasteiger charge is -2.16. The van der Waals surface area contributed by atoms with E-state index in [0.29, 0.717) is 38.8 Å². The minimum absolute atomic E-state index is 0.211. The Morgan fingerprint density at radius 3 is 3.05 bits per heavy atom. The highest BCUT2D eigenvalue weighted by Crippen LogP contribution is 2.03. The second-order valence-corrected chi connectivity index (χ2v) is 4.81. The first-order valence-electron chi connectivity index (χ1n) is 7.24. The van der Waals surface area contributed by atoms with Gasteiger partial charge >= 0.3 is 6.09 Å². The van der Waals surface area contributed by atoms with Gasteiger partial charge in [0.05, 0.1) is 6.54 Å². The van der Waals surface area contributed by atoms with Gasteiger partial charge in [-0.1, -0.05) is 13.0 Å². The molecule has 6 heteroatoms. The lowest BCUT2D eigenvalue weighted by Crippen LogP contribution is -2.42. The number of carbonyl (C=O) groups excluding carboxylic acids is 1. The van der Waals surface area contributed by atoms with Gasteiger partial charge < -0.3 is 20.3 Å². The number of hydrogen-bond acceptors (Lipinski definition) is 3. The first-order chi connectivity index (χ1) is 9.67. The molecule has 0 unspecified atom stereocenters. The van der Waals surface area contributed by atoms with E-state index in [2.05, 4.69) is 36.1 Å². The SMILES string of the molecule is C=CCNC(=NCCCN1CCOC1=O)N[C@@H](C)CC. The van der Waals surface area contributed by atoms with Gasteiger partial charge in [-0.15, -0.1) is 6.58 Å². The first-order valence-corrected chi connectivity index (χ1v) is 7.24. The molecule has 0 spiro atoms. The highest BCUT2D eigenvalue weighted by atomic mass is 16.6. The van der Waals surface area contributed by atoms with E-state index < -0.39 is 0 Å². The molecule has 1 rings (SSSR count). The summed E-state index contributed by atoms with van der Waals surface area (Å²) in [6, 6.07) is 0.375. The molecule has 2 N–H and O–H groups in total. The van der Waals surface area contributed by atoms with E-state index in [0.717, 1.165) is 18.8 Å². The molecular formula is C14H26N4O2. The van der Waals surface area contributed by atoms with E-state index in [1.807, 2.05) is 0 Å². The molecule has 6 nitrogen and oxygen atoms in total. The third-order valence-electron chi connectivity index (χ3n) is 3.11. The topological polar surface area (TPSA) is 66.0 Å². The Kier molecular flexibility index (Phi) is 7.54. The number of cyclic esters (lactones) is 1. The largest absolute Gasteiger partial charge is 0.448 e. The van der Waals surface area contributed by atoms with Gasteiger partial charge in [0.15, 0.2) is 5.96 Å².